The fourth-order valence-corrected chi connectivity index (χ4v) is 0.349. The monoisotopic (exact) mass is 144 g/mol. The normalized spacial score (nSPS) is 11.2. The van der Waals surface area contributed by atoms with Gasteiger partial charge in [0.25, 0.3) is 0 Å². The van der Waals surface area contributed by atoms with E-state index >= 15 is 0 Å². The molecule has 0 fully saturated rings. The number of rotatable bonds is 3. The maximum Gasteiger partial charge on any atom is 0.331 e. The summed E-state index contributed by atoms with van der Waals surface area (Å²) in [6.45, 7) is 0.639. The SMILES string of the molecule is C/C(=C\C(=O)CO)C(=O)O. The van der Waals surface area contributed by atoms with Gasteiger partial charge in [-0.25, -0.2) is 4.79 Å². The van der Waals surface area contributed by atoms with Crippen LogP contribution in [0.2, 0.25) is 0 Å². The third kappa shape index (κ3) is 2.99. The van der Waals surface area contributed by atoms with Crippen LogP contribution in [0.15, 0.2) is 11.6 Å². The first-order valence-corrected chi connectivity index (χ1v) is 2.63. The molecule has 0 amide bonds. The lowest BCUT2D eigenvalue weighted by Gasteiger charge is -1.89. The number of aliphatic hydroxyl groups excluding tert-OH is 1. The minimum atomic E-state index is -1.15. The summed E-state index contributed by atoms with van der Waals surface area (Å²) < 4.78 is 0. The molecule has 0 aliphatic rings. The second-order valence-electron chi connectivity index (χ2n) is 1.76. The van der Waals surface area contributed by atoms with Crippen molar-refractivity contribution in [2.45, 2.75) is 6.92 Å². The second kappa shape index (κ2) is 3.79. The van der Waals surface area contributed by atoms with Crippen molar-refractivity contribution in [2.24, 2.45) is 0 Å². The smallest absolute Gasteiger partial charge is 0.331 e. The van der Waals surface area contributed by atoms with Crippen LogP contribution in [-0.4, -0.2) is 28.6 Å². The van der Waals surface area contributed by atoms with Crippen LogP contribution >= 0.6 is 0 Å². The van der Waals surface area contributed by atoms with Gasteiger partial charge in [0.2, 0.25) is 0 Å². The predicted octanol–water partition coefficient (Wildman–Crippen LogP) is -0.421. The van der Waals surface area contributed by atoms with Gasteiger partial charge in [-0.05, 0) is 13.0 Å². The van der Waals surface area contributed by atoms with E-state index in [0.29, 0.717) is 0 Å². The summed E-state index contributed by atoms with van der Waals surface area (Å²) in [6.07, 6.45) is 0.891. The van der Waals surface area contributed by atoms with E-state index in [1.54, 1.807) is 0 Å². The third-order valence-electron chi connectivity index (χ3n) is 0.871. The zero-order valence-electron chi connectivity index (χ0n) is 5.50. The number of carbonyl (C=O) groups excluding carboxylic acids is 1. The van der Waals surface area contributed by atoms with Gasteiger partial charge in [0.1, 0.15) is 6.61 Å². The van der Waals surface area contributed by atoms with Crippen LogP contribution in [0.25, 0.3) is 0 Å². The number of hydrogen-bond donors (Lipinski definition) is 2. The number of carboxylic acids is 1. The molecule has 0 aliphatic heterocycles. The van der Waals surface area contributed by atoms with Crippen molar-refractivity contribution < 1.29 is 19.8 Å². The molecule has 0 aromatic carbocycles. The topological polar surface area (TPSA) is 74.6 Å². The largest absolute Gasteiger partial charge is 0.478 e. The Bertz CT molecular complexity index is 180. The predicted molar refractivity (Wildman–Crippen MR) is 33.5 cm³/mol. The average molecular weight is 144 g/mol. The third-order valence-corrected chi connectivity index (χ3v) is 0.871. The number of aliphatic carboxylic acids is 1. The van der Waals surface area contributed by atoms with E-state index in [4.69, 9.17) is 10.2 Å². The lowest BCUT2D eigenvalue weighted by molar-refractivity contribution is -0.133. The number of aliphatic hydroxyl groups is 1. The summed E-state index contributed by atoms with van der Waals surface area (Å²) in [4.78, 5) is 20.4. The highest BCUT2D eigenvalue weighted by atomic mass is 16.4. The van der Waals surface area contributed by atoms with Crippen molar-refractivity contribution in [3.63, 3.8) is 0 Å². The summed E-state index contributed by atoms with van der Waals surface area (Å²) in [5.41, 5.74) is -0.0703. The molecular weight excluding hydrogens is 136 g/mol. The Morgan fingerprint density at radius 1 is 1.50 bits per heavy atom. The molecule has 0 atom stereocenters. The molecule has 0 unspecified atom stereocenters. The lowest BCUT2D eigenvalue weighted by Crippen LogP contribution is -2.04. The van der Waals surface area contributed by atoms with Crippen LogP contribution in [0.4, 0.5) is 0 Å². The molecule has 10 heavy (non-hydrogen) atoms. The maximum absolute atomic E-state index is 10.3. The molecule has 0 spiro atoms. The molecule has 4 nitrogen and oxygen atoms in total. The first kappa shape index (κ1) is 8.84. The first-order chi connectivity index (χ1) is 4.57. The molecule has 0 aromatic rings. The molecule has 56 valence electrons. The van der Waals surface area contributed by atoms with Crippen LogP contribution in [0.3, 0.4) is 0 Å². The number of ketones is 1. The molecule has 0 aromatic heterocycles. The summed E-state index contributed by atoms with van der Waals surface area (Å²) in [7, 11) is 0. The number of carbonyl (C=O) groups is 2. The van der Waals surface area contributed by atoms with Gasteiger partial charge < -0.3 is 10.2 Å². The standard InChI is InChI=1S/C6H8O4/c1-4(6(9)10)2-5(8)3-7/h2,7H,3H2,1H3,(H,9,10)/b4-2+. The summed E-state index contributed by atoms with van der Waals surface area (Å²) in [5.74, 6) is -1.75. The summed E-state index contributed by atoms with van der Waals surface area (Å²) >= 11 is 0. The van der Waals surface area contributed by atoms with Gasteiger partial charge in [-0.2, -0.15) is 0 Å². The zero-order valence-corrected chi connectivity index (χ0v) is 5.50. The highest BCUT2D eigenvalue weighted by molar-refractivity contribution is 5.98. The Morgan fingerprint density at radius 3 is 2.30 bits per heavy atom. The molecule has 0 radical (unpaired) electrons. The van der Waals surface area contributed by atoms with Gasteiger partial charge in [-0.15, -0.1) is 0 Å². The minimum Gasteiger partial charge on any atom is -0.478 e. The zero-order chi connectivity index (χ0) is 8.15. The molecule has 0 heterocycles. The molecule has 2 N–H and O–H groups in total. The minimum absolute atomic E-state index is 0.0703. The molecule has 0 rings (SSSR count). The van der Waals surface area contributed by atoms with Crippen molar-refractivity contribution in [1.29, 1.82) is 0 Å². The highest BCUT2D eigenvalue weighted by Gasteiger charge is 2.01. The molecular formula is C6H8O4. The average Bonchev–Trinajstić information content (AvgIpc) is 1.87. The van der Waals surface area contributed by atoms with Gasteiger partial charge >= 0.3 is 5.97 Å². The number of carboxylic acid groups (broad SMARTS) is 1. The van der Waals surface area contributed by atoms with Crippen molar-refractivity contribution in [3.05, 3.63) is 11.6 Å². The summed E-state index contributed by atoms with van der Waals surface area (Å²) in [5, 5.41) is 16.4. The molecule has 0 bridgehead atoms. The van der Waals surface area contributed by atoms with E-state index in [1.165, 1.54) is 6.92 Å². The van der Waals surface area contributed by atoms with Gasteiger partial charge in [0.05, 0.1) is 0 Å². The lowest BCUT2D eigenvalue weighted by atomic mass is 10.2. The fraction of sp³-hybridized carbons (Fsp3) is 0.333. The second-order valence-corrected chi connectivity index (χ2v) is 1.76. The van der Waals surface area contributed by atoms with Crippen LogP contribution in [-0.2, 0) is 9.59 Å². The van der Waals surface area contributed by atoms with Crippen molar-refractivity contribution >= 4 is 11.8 Å². The van der Waals surface area contributed by atoms with E-state index < -0.39 is 18.4 Å². The van der Waals surface area contributed by atoms with Crippen LogP contribution in [0, 0.1) is 0 Å². The van der Waals surface area contributed by atoms with Gasteiger partial charge in [-0.3, -0.25) is 4.79 Å². The first-order valence-electron chi connectivity index (χ1n) is 2.63. The molecule has 4 heteroatoms. The van der Waals surface area contributed by atoms with E-state index in [9.17, 15) is 9.59 Å². The fourth-order valence-electron chi connectivity index (χ4n) is 0.349. The summed E-state index contributed by atoms with van der Waals surface area (Å²) in [6, 6.07) is 0. The number of hydrogen-bond acceptors (Lipinski definition) is 3. The van der Waals surface area contributed by atoms with Crippen LogP contribution in [0.1, 0.15) is 6.92 Å². The Hall–Kier alpha value is -1.16. The van der Waals surface area contributed by atoms with E-state index in [-0.39, 0.29) is 5.57 Å². The maximum atomic E-state index is 10.3. The van der Waals surface area contributed by atoms with Crippen LogP contribution in [0.5, 0.6) is 0 Å². The quantitative estimate of drug-likeness (QED) is 0.527. The van der Waals surface area contributed by atoms with Crippen LogP contribution < -0.4 is 0 Å². The van der Waals surface area contributed by atoms with E-state index in [0.717, 1.165) is 6.08 Å². The van der Waals surface area contributed by atoms with Gasteiger partial charge in [0, 0.05) is 5.57 Å². The van der Waals surface area contributed by atoms with E-state index in [2.05, 4.69) is 0 Å². The Labute approximate surface area is 57.8 Å². The van der Waals surface area contributed by atoms with E-state index in [1.807, 2.05) is 0 Å². The Kier molecular flexibility index (Phi) is 3.35. The van der Waals surface area contributed by atoms with Gasteiger partial charge in [0.15, 0.2) is 5.78 Å². The van der Waals surface area contributed by atoms with Crippen molar-refractivity contribution in [2.75, 3.05) is 6.61 Å². The Morgan fingerprint density at radius 2 is 2.00 bits per heavy atom. The van der Waals surface area contributed by atoms with Crippen molar-refractivity contribution in [3.8, 4) is 0 Å². The molecule has 0 aliphatic carbocycles. The molecule has 0 saturated heterocycles. The van der Waals surface area contributed by atoms with Crippen molar-refractivity contribution in [1.82, 2.24) is 0 Å². The van der Waals surface area contributed by atoms with Gasteiger partial charge in [-0.1, -0.05) is 0 Å². The Balaban J connectivity index is 4.16. The highest BCUT2D eigenvalue weighted by Crippen LogP contribution is 1.91. The molecule has 0 saturated carbocycles.